The third-order valence-electron chi connectivity index (χ3n) is 3.75. The number of benzene rings is 1. The molecule has 108 valence electrons. The number of nitrogens with zero attached hydrogens (tertiary/aromatic N) is 3. The molecule has 1 aliphatic heterocycles. The van der Waals surface area contributed by atoms with Crippen LogP contribution in [0.25, 0.3) is 11.1 Å². The Kier molecular flexibility index (Phi) is 3.73. The van der Waals surface area contributed by atoms with Crippen LogP contribution in [-0.2, 0) is 0 Å². The predicted molar refractivity (Wildman–Crippen MR) is 81.5 cm³/mol. The minimum absolute atomic E-state index is 0.533. The Morgan fingerprint density at radius 3 is 2.38 bits per heavy atom. The first-order valence-corrected chi connectivity index (χ1v) is 6.97. The fourth-order valence-corrected chi connectivity index (χ4v) is 2.55. The summed E-state index contributed by atoms with van der Waals surface area (Å²) >= 11 is 0. The molecule has 1 saturated heterocycles. The molecule has 21 heavy (non-hydrogen) atoms. The van der Waals surface area contributed by atoms with Gasteiger partial charge in [0.05, 0.1) is 11.9 Å². The van der Waals surface area contributed by atoms with Crippen LogP contribution < -0.4 is 4.90 Å². The molecule has 1 aromatic heterocycles. The van der Waals surface area contributed by atoms with Crippen molar-refractivity contribution in [3.8, 4) is 11.1 Å². The fourth-order valence-electron chi connectivity index (χ4n) is 2.55. The smallest absolute Gasteiger partial charge is 0.407 e. The SMILES string of the molecule is O=C(O)N1CCN(c2cncc(-c3ccccc3)c2)CC1. The zero-order chi connectivity index (χ0) is 14.7. The molecule has 3 rings (SSSR count). The summed E-state index contributed by atoms with van der Waals surface area (Å²) in [6, 6.07) is 12.2. The number of rotatable bonds is 2. The van der Waals surface area contributed by atoms with E-state index in [-0.39, 0.29) is 0 Å². The Hall–Kier alpha value is -2.56. The number of hydrogen-bond donors (Lipinski definition) is 1. The number of carbonyl (C=O) groups is 1. The van der Waals surface area contributed by atoms with Gasteiger partial charge in [-0.1, -0.05) is 30.3 Å². The molecule has 2 aromatic rings. The lowest BCUT2D eigenvalue weighted by Gasteiger charge is -2.34. The third kappa shape index (κ3) is 2.97. The van der Waals surface area contributed by atoms with Gasteiger partial charge in [0.1, 0.15) is 0 Å². The van der Waals surface area contributed by atoms with Crippen LogP contribution in [0.5, 0.6) is 0 Å². The lowest BCUT2D eigenvalue weighted by molar-refractivity contribution is 0.142. The van der Waals surface area contributed by atoms with Gasteiger partial charge in [0, 0.05) is 37.9 Å². The molecule has 5 heteroatoms. The van der Waals surface area contributed by atoms with E-state index in [1.807, 2.05) is 30.6 Å². The van der Waals surface area contributed by atoms with Crippen molar-refractivity contribution in [1.82, 2.24) is 9.88 Å². The first-order valence-electron chi connectivity index (χ1n) is 6.97. The standard InChI is InChI=1S/C16H17N3O2/c20-16(21)19-8-6-18(7-9-19)15-10-14(11-17-12-15)13-4-2-1-3-5-13/h1-5,10-12H,6-9H2,(H,20,21). The number of hydrogen-bond acceptors (Lipinski definition) is 3. The monoisotopic (exact) mass is 283 g/mol. The second-order valence-electron chi connectivity index (χ2n) is 5.05. The van der Waals surface area contributed by atoms with Crippen molar-refractivity contribution in [3.05, 3.63) is 48.8 Å². The maximum Gasteiger partial charge on any atom is 0.407 e. The normalized spacial score (nSPS) is 15.0. The summed E-state index contributed by atoms with van der Waals surface area (Å²) in [5.74, 6) is 0. The molecule has 0 atom stereocenters. The molecule has 0 saturated carbocycles. The summed E-state index contributed by atoms with van der Waals surface area (Å²) in [4.78, 5) is 18.9. The molecule has 1 aliphatic rings. The zero-order valence-corrected chi connectivity index (χ0v) is 11.6. The summed E-state index contributed by atoms with van der Waals surface area (Å²) in [7, 11) is 0. The molecule has 0 bridgehead atoms. The second-order valence-corrected chi connectivity index (χ2v) is 5.05. The van der Waals surface area contributed by atoms with Gasteiger partial charge < -0.3 is 14.9 Å². The van der Waals surface area contributed by atoms with E-state index in [4.69, 9.17) is 5.11 Å². The molecule has 1 amide bonds. The molecule has 1 N–H and O–H groups in total. The van der Waals surface area contributed by atoms with E-state index >= 15 is 0 Å². The van der Waals surface area contributed by atoms with E-state index in [1.165, 1.54) is 4.90 Å². The van der Waals surface area contributed by atoms with Gasteiger partial charge in [-0.3, -0.25) is 4.98 Å². The number of anilines is 1. The van der Waals surface area contributed by atoms with Crippen molar-refractivity contribution in [2.24, 2.45) is 0 Å². The lowest BCUT2D eigenvalue weighted by Crippen LogP contribution is -2.48. The van der Waals surface area contributed by atoms with E-state index in [9.17, 15) is 4.79 Å². The van der Waals surface area contributed by atoms with Gasteiger partial charge in [0.25, 0.3) is 0 Å². The van der Waals surface area contributed by atoms with Crippen molar-refractivity contribution in [1.29, 1.82) is 0 Å². The number of piperazine rings is 1. The number of carboxylic acid groups (broad SMARTS) is 1. The van der Waals surface area contributed by atoms with Crippen molar-refractivity contribution < 1.29 is 9.90 Å². The van der Waals surface area contributed by atoms with Crippen molar-refractivity contribution in [2.45, 2.75) is 0 Å². The first-order chi connectivity index (χ1) is 10.2. The highest BCUT2D eigenvalue weighted by atomic mass is 16.4. The van der Waals surface area contributed by atoms with Gasteiger partial charge in [0.15, 0.2) is 0 Å². The van der Waals surface area contributed by atoms with E-state index in [2.05, 4.69) is 28.1 Å². The summed E-state index contributed by atoms with van der Waals surface area (Å²) in [6.07, 6.45) is 2.85. The van der Waals surface area contributed by atoms with Crippen molar-refractivity contribution >= 4 is 11.8 Å². The summed E-state index contributed by atoms with van der Waals surface area (Å²) in [6.45, 7) is 2.47. The Balaban J connectivity index is 1.77. The topological polar surface area (TPSA) is 56.7 Å². The Bertz CT molecular complexity index is 622. The average molecular weight is 283 g/mol. The molecule has 1 aromatic carbocycles. The van der Waals surface area contributed by atoms with E-state index in [0.29, 0.717) is 26.2 Å². The first kappa shape index (κ1) is 13.4. The molecule has 5 nitrogen and oxygen atoms in total. The highest BCUT2D eigenvalue weighted by molar-refractivity contribution is 5.68. The summed E-state index contributed by atoms with van der Waals surface area (Å²) in [5, 5.41) is 8.98. The highest BCUT2D eigenvalue weighted by Crippen LogP contribution is 2.24. The van der Waals surface area contributed by atoms with Gasteiger partial charge in [-0.15, -0.1) is 0 Å². The van der Waals surface area contributed by atoms with E-state index < -0.39 is 6.09 Å². The largest absolute Gasteiger partial charge is 0.465 e. The summed E-state index contributed by atoms with van der Waals surface area (Å²) < 4.78 is 0. The van der Waals surface area contributed by atoms with Gasteiger partial charge in [0.2, 0.25) is 0 Å². The maximum atomic E-state index is 10.9. The molecular weight excluding hydrogens is 266 g/mol. The van der Waals surface area contributed by atoms with Crippen molar-refractivity contribution in [2.75, 3.05) is 31.1 Å². The Morgan fingerprint density at radius 1 is 1.00 bits per heavy atom. The van der Waals surface area contributed by atoms with Crippen LogP contribution >= 0.6 is 0 Å². The summed E-state index contributed by atoms with van der Waals surface area (Å²) in [5.41, 5.74) is 3.26. The van der Waals surface area contributed by atoms with Crippen molar-refractivity contribution in [3.63, 3.8) is 0 Å². The third-order valence-corrected chi connectivity index (χ3v) is 3.75. The molecular formula is C16H17N3O2. The van der Waals surface area contributed by atoms with Crippen LogP contribution in [0.15, 0.2) is 48.8 Å². The van der Waals surface area contributed by atoms with Crippen LogP contribution in [0.3, 0.4) is 0 Å². The second kappa shape index (κ2) is 5.83. The maximum absolute atomic E-state index is 10.9. The zero-order valence-electron chi connectivity index (χ0n) is 11.6. The quantitative estimate of drug-likeness (QED) is 0.920. The van der Waals surface area contributed by atoms with Crippen LogP contribution in [0.4, 0.5) is 10.5 Å². The number of amides is 1. The fraction of sp³-hybridized carbons (Fsp3) is 0.250. The predicted octanol–water partition coefficient (Wildman–Crippen LogP) is 2.55. The van der Waals surface area contributed by atoms with Gasteiger partial charge in [-0.05, 0) is 11.6 Å². The minimum Gasteiger partial charge on any atom is -0.465 e. The van der Waals surface area contributed by atoms with Crippen LogP contribution in [0.1, 0.15) is 0 Å². The van der Waals surface area contributed by atoms with E-state index in [1.54, 1.807) is 0 Å². The van der Waals surface area contributed by atoms with E-state index in [0.717, 1.165) is 16.8 Å². The number of aromatic nitrogens is 1. The van der Waals surface area contributed by atoms with Crippen LogP contribution in [0.2, 0.25) is 0 Å². The highest BCUT2D eigenvalue weighted by Gasteiger charge is 2.20. The minimum atomic E-state index is -0.842. The molecule has 0 spiro atoms. The molecule has 2 heterocycles. The molecule has 0 unspecified atom stereocenters. The van der Waals surface area contributed by atoms with Gasteiger partial charge in [-0.2, -0.15) is 0 Å². The Morgan fingerprint density at radius 2 is 1.71 bits per heavy atom. The molecule has 0 radical (unpaired) electrons. The number of pyridine rings is 1. The molecule has 1 fully saturated rings. The average Bonchev–Trinajstić information content (AvgIpc) is 2.56. The van der Waals surface area contributed by atoms with Crippen LogP contribution in [0, 0.1) is 0 Å². The lowest BCUT2D eigenvalue weighted by atomic mass is 10.1. The van der Waals surface area contributed by atoms with Crippen LogP contribution in [-0.4, -0.2) is 47.3 Å². The Labute approximate surface area is 123 Å². The van der Waals surface area contributed by atoms with Gasteiger partial charge in [-0.25, -0.2) is 4.79 Å². The van der Waals surface area contributed by atoms with Gasteiger partial charge >= 0.3 is 6.09 Å². The molecule has 0 aliphatic carbocycles.